The fourth-order valence-corrected chi connectivity index (χ4v) is 2.45. The molecule has 1 heterocycles. The molecule has 72 valence electrons. The molecule has 2 aliphatic rings. The van der Waals surface area contributed by atoms with Crippen LogP contribution in [0.1, 0.15) is 25.7 Å². The fourth-order valence-electron chi connectivity index (χ4n) is 1.76. The second-order valence-corrected chi connectivity index (χ2v) is 4.53. The normalized spacial score (nSPS) is 29.2. The Bertz CT molecular complexity index is 258. The molecule has 2 rings (SSSR count). The van der Waals surface area contributed by atoms with Gasteiger partial charge in [0, 0.05) is 6.04 Å². The summed E-state index contributed by atoms with van der Waals surface area (Å²) in [7, 11) is 0. The SMILES string of the molecule is ClC1=NC(NC2CCCC2)C(Br)=N1. The maximum Gasteiger partial charge on any atom is 0.220 e. The zero-order chi connectivity index (χ0) is 9.26. The van der Waals surface area contributed by atoms with Gasteiger partial charge in [-0.05, 0) is 40.4 Å². The van der Waals surface area contributed by atoms with Crippen LogP contribution in [0.3, 0.4) is 0 Å². The molecule has 1 N–H and O–H groups in total. The first-order valence-electron chi connectivity index (χ1n) is 4.49. The Morgan fingerprint density at radius 3 is 2.62 bits per heavy atom. The van der Waals surface area contributed by atoms with Gasteiger partial charge < -0.3 is 0 Å². The minimum Gasteiger partial charge on any atom is -0.287 e. The van der Waals surface area contributed by atoms with Crippen molar-refractivity contribution in [2.24, 2.45) is 9.98 Å². The first-order chi connectivity index (χ1) is 6.25. The van der Waals surface area contributed by atoms with Gasteiger partial charge >= 0.3 is 0 Å². The van der Waals surface area contributed by atoms with Crippen LogP contribution in [0.2, 0.25) is 0 Å². The summed E-state index contributed by atoms with van der Waals surface area (Å²) in [6.07, 6.45) is 5.07. The van der Waals surface area contributed by atoms with Crippen LogP contribution in [0, 0.1) is 0 Å². The molecule has 13 heavy (non-hydrogen) atoms. The van der Waals surface area contributed by atoms with Gasteiger partial charge in [0.15, 0.2) is 6.17 Å². The van der Waals surface area contributed by atoms with Crippen molar-refractivity contribution in [1.29, 1.82) is 0 Å². The summed E-state index contributed by atoms with van der Waals surface area (Å²) >= 11 is 9.02. The number of nitrogens with one attached hydrogen (secondary N) is 1. The molecule has 1 unspecified atom stereocenters. The van der Waals surface area contributed by atoms with Crippen LogP contribution in [-0.2, 0) is 0 Å². The molecule has 0 saturated heterocycles. The average Bonchev–Trinajstić information content (AvgIpc) is 2.63. The lowest BCUT2D eigenvalue weighted by molar-refractivity contribution is 0.506. The highest BCUT2D eigenvalue weighted by Gasteiger charge is 2.24. The van der Waals surface area contributed by atoms with E-state index in [0.29, 0.717) is 11.3 Å². The molecule has 5 heteroatoms. The van der Waals surface area contributed by atoms with E-state index in [9.17, 15) is 0 Å². The van der Waals surface area contributed by atoms with Crippen LogP contribution in [-0.4, -0.2) is 22.1 Å². The monoisotopic (exact) mass is 263 g/mol. The molecule has 0 aromatic heterocycles. The third-order valence-electron chi connectivity index (χ3n) is 2.41. The van der Waals surface area contributed by atoms with Crippen molar-refractivity contribution in [2.45, 2.75) is 37.9 Å². The number of nitrogens with zero attached hydrogens (tertiary/aromatic N) is 2. The Morgan fingerprint density at radius 1 is 1.38 bits per heavy atom. The molecule has 0 radical (unpaired) electrons. The lowest BCUT2D eigenvalue weighted by atomic mass is 10.2. The van der Waals surface area contributed by atoms with Crippen molar-refractivity contribution in [3.8, 4) is 0 Å². The summed E-state index contributed by atoms with van der Waals surface area (Å²) in [5, 5.41) is 3.74. The predicted octanol–water partition coefficient (Wildman–Crippen LogP) is 2.25. The van der Waals surface area contributed by atoms with E-state index < -0.39 is 0 Å². The molecule has 1 fully saturated rings. The number of halogens is 2. The molecule has 1 saturated carbocycles. The van der Waals surface area contributed by atoms with E-state index >= 15 is 0 Å². The van der Waals surface area contributed by atoms with E-state index in [-0.39, 0.29) is 6.17 Å². The van der Waals surface area contributed by atoms with Crippen molar-refractivity contribution >= 4 is 37.4 Å². The van der Waals surface area contributed by atoms with Gasteiger partial charge in [-0.1, -0.05) is 12.8 Å². The van der Waals surface area contributed by atoms with Crippen LogP contribution in [0.15, 0.2) is 9.98 Å². The molecular formula is C8H11BrClN3. The molecule has 1 aliphatic heterocycles. The molecule has 0 aromatic carbocycles. The van der Waals surface area contributed by atoms with E-state index in [1.807, 2.05) is 0 Å². The number of hydrogen-bond acceptors (Lipinski definition) is 3. The van der Waals surface area contributed by atoms with Gasteiger partial charge in [-0.15, -0.1) is 0 Å². The Balaban J connectivity index is 1.91. The van der Waals surface area contributed by atoms with Crippen LogP contribution in [0.5, 0.6) is 0 Å². The number of aliphatic imine (C=N–C) groups is 2. The van der Waals surface area contributed by atoms with Gasteiger partial charge in [0.05, 0.1) is 0 Å². The summed E-state index contributed by atoms with van der Waals surface area (Å²) in [5.41, 5.74) is 0. The van der Waals surface area contributed by atoms with E-state index in [4.69, 9.17) is 11.6 Å². The molecular weight excluding hydrogens is 253 g/mol. The second-order valence-electron chi connectivity index (χ2n) is 3.38. The second kappa shape index (κ2) is 4.07. The molecule has 0 spiro atoms. The largest absolute Gasteiger partial charge is 0.287 e. The smallest absolute Gasteiger partial charge is 0.220 e. The van der Waals surface area contributed by atoms with Crippen LogP contribution in [0.25, 0.3) is 0 Å². The molecule has 1 atom stereocenters. The van der Waals surface area contributed by atoms with Gasteiger partial charge in [-0.25, -0.2) is 9.98 Å². The highest BCUT2D eigenvalue weighted by atomic mass is 79.9. The standard InChI is InChI=1S/C8H11BrClN3/c9-6-7(13-8(10)12-6)11-5-3-1-2-4-5/h5,7,11H,1-4H2. The summed E-state index contributed by atoms with van der Waals surface area (Å²) in [6, 6.07) is 0.582. The van der Waals surface area contributed by atoms with Crippen molar-refractivity contribution in [2.75, 3.05) is 0 Å². The zero-order valence-corrected chi connectivity index (χ0v) is 9.48. The minimum absolute atomic E-state index is 0.0457. The Labute approximate surface area is 90.8 Å². The van der Waals surface area contributed by atoms with E-state index in [1.54, 1.807) is 0 Å². The summed E-state index contributed by atoms with van der Waals surface area (Å²) in [6.45, 7) is 0. The van der Waals surface area contributed by atoms with Crippen molar-refractivity contribution < 1.29 is 0 Å². The quantitative estimate of drug-likeness (QED) is 0.763. The minimum atomic E-state index is -0.0457. The molecule has 0 aromatic rings. The highest BCUT2D eigenvalue weighted by molar-refractivity contribution is 9.18. The van der Waals surface area contributed by atoms with Gasteiger partial charge in [0.25, 0.3) is 0 Å². The molecule has 3 nitrogen and oxygen atoms in total. The number of hydrogen-bond donors (Lipinski definition) is 1. The van der Waals surface area contributed by atoms with Crippen molar-refractivity contribution in [3.63, 3.8) is 0 Å². The maximum atomic E-state index is 5.68. The first kappa shape index (κ1) is 9.62. The Morgan fingerprint density at radius 2 is 2.08 bits per heavy atom. The van der Waals surface area contributed by atoms with Crippen molar-refractivity contribution in [1.82, 2.24) is 5.32 Å². The third-order valence-corrected chi connectivity index (χ3v) is 3.20. The molecule has 1 aliphatic carbocycles. The fraction of sp³-hybridized carbons (Fsp3) is 0.750. The van der Waals surface area contributed by atoms with Crippen molar-refractivity contribution in [3.05, 3.63) is 0 Å². The van der Waals surface area contributed by atoms with Crippen LogP contribution in [0.4, 0.5) is 0 Å². The molecule has 0 amide bonds. The summed E-state index contributed by atoms with van der Waals surface area (Å²) in [4.78, 5) is 8.15. The van der Waals surface area contributed by atoms with E-state index in [0.717, 1.165) is 4.62 Å². The number of rotatable bonds is 2. The third kappa shape index (κ3) is 2.30. The lowest BCUT2D eigenvalue weighted by Crippen LogP contribution is -2.37. The van der Waals surface area contributed by atoms with E-state index in [1.165, 1.54) is 25.7 Å². The van der Waals surface area contributed by atoms with Crippen LogP contribution < -0.4 is 5.32 Å². The van der Waals surface area contributed by atoms with Gasteiger partial charge in [0.2, 0.25) is 5.29 Å². The Hall–Kier alpha value is 0.0700. The average molecular weight is 265 g/mol. The zero-order valence-electron chi connectivity index (χ0n) is 7.13. The summed E-state index contributed by atoms with van der Waals surface area (Å²) < 4.78 is 0.796. The van der Waals surface area contributed by atoms with E-state index in [2.05, 4.69) is 31.2 Å². The first-order valence-corrected chi connectivity index (χ1v) is 5.66. The number of amidine groups is 1. The molecule has 0 bridgehead atoms. The van der Waals surface area contributed by atoms with Gasteiger partial charge in [0.1, 0.15) is 4.62 Å². The highest BCUT2D eigenvalue weighted by Crippen LogP contribution is 2.20. The predicted molar refractivity (Wildman–Crippen MR) is 58.8 cm³/mol. The lowest BCUT2D eigenvalue weighted by Gasteiger charge is -2.15. The summed E-state index contributed by atoms with van der Waals surface area (Å²) in [5.74, 6) is 0. The van der Waals surface area contributed by atoms with Crippen LogP contribution >= 0.6 is 27.5 Å². The van der Waals surface area contributed by atoms with Gasteiger partial charge in [-0.3, -0.25) is 5.32 Å². The topological polar surface area (TPSA) is 36.8 Å². The Kier molecular flexibility index (Phi) is 3.01. The maximum absolute atomic E-state index is 5.68. The van der Waals surface area contributed by atoms with Gasteiger partial charge in [-0.2, -0.15) is 0 Å².